The summed E-state index contributed by atoms with van der Waals surface area (Å²) in [5.74, 6) is 0.00499. The Labute approximate surface area is 152 Å². The van der Waals surface area contributed by atoms with Gasteiger partial charge in [-0.3, -0.25) is 10.1 Å². The lowest BCUT2D eigenvalue weighted by Gasteiger charge is -2.04. The minimum Gasteiger partial charge on any atom is -0.493 e. The van der Waals surface area contributed by atoms with E-state index in [0.29, 0.717) is 11.7 Å². The van der Waals surface area contributed by atoms with E-state index in [1.165, 1.54) is 23.5 Å². The first kappa shape index (κ1) is 16.1. The van der Waals surface area contributed by atoms with Gasteiger partial charge in [0.25, 0.3) is 5.91 Å². The second-order valence-corrected chi connectivity index (χ2v) is 6.80. The highest BCUT2D eigenvalue weighted by Crippen LogP contribution is 2.32. The van der Waals surface area contributed by atoms with E-state index < -0.39 is 11.7 Å². The molecule has 0 bridgehead atoms. The first-order chi connectivity index (χ1) is 12.1. The molecule has 0 atom stereocenters. The summed E-state index contributed by atoms with van der Waals surface area (Å²) in [7, 11) is 0. The third-order valence-corrected chi connectivity index (χ3v) is 4.96. The SMILES string of the molecule is O=C(Nc1nc(-c2ccc3c(c2)CCO3)cs1)c1ccc(F)cc1Cl. The summed E-state index contributed by atoms with van der Waals surface area (Å²) in [6, 6.07) is 9.59. The number of carbonyl (C=O) groups is 1. The molecule has 1 amide bonds. The molecule has 4 nitrogen and oxygen atoms in total. The van der Waals surface area contributed by atoms with Crippen molar-refractivity contribution in [2.45, 2.75) is 6.42 Å². The summed E-state index contributed by atoms with van der Waals surface area (Å²) in [6.07, 6.45) is 0.889. The first-order valence-corrected chi connectivity index (χ1v) is 8.84. The molecule has 0 saturated heterocycles. The quantitative estimate of drug-likeness (QED) is 0.717. The molecular weight excluding hydrogens is 363 g/mol. The predicted molar refractivity (Wildman–Crippen MR) is 96.1 cm³/mol. The van der Waals surface area contributed by atoms with Gasteiger partial charge in [0, 0.05) is 17.4 Å². The monoisotopic (exact) mass is 374 g/mol. The molecule has 25 heavy (non-hydrogen) atoms. The van der Waals surface area contributed by atoms with Gasteiger partial charge in [-0.25, -0.2) is 9.37 Å². The molecule has 1 N–H and O–H groups in total. The maximum Gasteiger partial charge on any atom is 0.258 e. The van der Waals surface area contributed by atoms with E-state index >= 15 is 0 Å². The number of nitrogens with zero attached hydrogens (tertiary/aromatic N) is 1. The molecule has 0 spiro atoms. The Hall–Kier alpha value is -2.44. The van der Waals surface area contributed by atoms with Crippen molar-refractivity contribution in [1.82, 2.24) is 4.98 Å². The fourth-order valence-corrected chi connectivity index (χ4v) is 3.62. The molecular formula is C18H12ClFN2O2S. The third-order valence-electron chi connectivity index (χ3n) is 3.89. The van der Waals surface area contributed by atoms with E-state index in [2.05, 4.69) is 16.4 Å². The molecule has 7 heteroatoms. The number of anilines is 1. The molecule has 1 aliphatic heterocycles. The van der Waals surface area contributed by atoms with Crippen LogP contribution in [0.4, 0.5) is 9.52 Å². The third kappa shape index (κ3) is 3.23. The summed E-state index contributed by atoms with van der Waals surface area (Å²) in [5.41, 5.74) is 3.12. The van der Waals surface area contributed by atoms with Crippen LogP contribution in [0.25, 0.3) is 11.3 Å². The topological polar surface area (TPSA) is 51.2 Å². The highest BCUT2D eigenvalue weighted by atomic mass is 35.5. The predicted octanol–water partition coefficient (Wildman–Crippen LogP) is 4.79. The van der Waals surface area contributed by atoms with Gasteiger partial charge in [-0.15, -0.1) is 11.3 Å². The number of nitrogens with one attached hydrogen (secondary N) is 1. The van der Waals surface area contributed by atoms with Crippen molar-refractivity contribution >= 4 is 34.0 Å². The molecule has 3 aromatic rings. The van der Waals surface area contributed by atoms with Crippen LogP contribution in [0, 0.1) is 5.82 Å². The Morgan fingerprint density at radius 3 is 3.00 bits per heavy atom. The van der Waals surface area contributed by atoms with Gasteiger partial charge in [-0.05, 0) is 42.0 Å². The zero-order chi connectivity index (χ0) is 17.4. The minimum atomic E-state index is -0.487. The zero-order valence-electron chi connectivity index (χ0n) is 12.9. The standard InChI is InChI=1S/C18H12ClFN2O2S/c19-14-8-12(20)2-3-13(14)17(23)22-18-21-15(9-25-18)10-1-4-16-11(7-10)5-6-24-16/h1-4,7-9H,5-6H2,(H,21,22,23). The Balaban J connectivity index is 1.54. The first-order valence-electron chi connectivity index (χ1n) is 7.58. The molecule has 126 valence electrons. The smallest absolute Gasteiger partial charge is 0.258 e. The molecule has 1 aromatic heterocycles. The number of amides is 1. The van der Waals surface area contributed by atoms with E-state index in [1.54, 1.807) is 0 Å². The van der Waals surface area contributed by atoms with Crippen LogP contribution >= 0.6 is 22.9 Å². The van der Waals surface area contributed by atoms with Crippen LogP contribution in [0.3, 0.4) is 0 Å². The molecule has 0 unspecified atom stereocenters. The number of benzene rings is 2. The van der Waals surface area contributed by atoms with Crippen molar-refractivity contribution < 1.29 is 13.9 Å². The van der Waals surface area contributed by atoms with E-state index in [0.717, 1.165) is 35.1 Å². The van der Waals surface area contributed by atoms with Crippen LogP contribution in [-0.4, -0.2) is 17.5 Å². The van der Waals surface area contributed by atoms with Gasteiger partial charge in [-0.1, -0.05) is 11.6 Å². The fourth-order valence-electron chi connectivity index (χ4n) is 2.65. The second-order valence-electron chi connectivity index (χ2n) is 5.54. The van der Waals surface area contributed by atoms with E-state index in [4.69, 9.17) is 16.3 Å². The molecule has 0 fully saturated rings. The molecule has 2 heterocycles. The summed E-state index contributed by atoms with van der Waals surface area (Å²) >= 11 is 7.23. The lowest BCUT2D eigenvalue weighted by Crippen LogP contribution is -2.12. The number of aromatic nitrogens is 1. The van der Waals surface area contributed by atoms with Crippen molar-refractivity contribution in [2.75, 3.05) is 11.9 Å². The lowest BCUT2D eigenvalue weighted by molar-refractivity contribution is 0.102. The Kier molecular flexibility index (Phi) is 4.15. The van der Waals surface area contributed by atoms with Crippen molar-refractivity contribution in [3.8, 4) is 17.0 Å². The molecule has 0 aliphatic carbocycles. The number of thiazole rings is 1. The number of halogens is 2. The van der Waals surface area contributed by atoms with Gasteiger partial charge < -0.3 is 4.74 Å². The molecule has 1 aliphatic rings. The van der Waals surface area contributed by atoms with Gasteiger partial charge in [0.2, 0.25) is 0 Å². The van der Waals surface area contributed by atoms with Crippen LogP contribution in [0.1, 0.15) is 15.9 Å². The summed E-state index contributed by atoms with van der Waals surface area (Å²) in [4.78, 5) is 16.7. The number of hydrogen-bond acceptors (Lipinski definition) is 4. The van der Waals surface area contributed by atoms with Gasteiger partial charge in [0.05, 0.1) is 22.9 Å². The highest BCUT2D eigenvalue weighted by Gasteiger charge is 2.16. The minimum absolute atomic E-state index is 0.0629. The lowest BCUT2D eigenvalue weighted by atomic mass is 10.1. The number of carbonyl (C=O) groups excluding carboxylic acids is 1. The van der Waals surface area contributed by atoms with Crippen LogP contribution in [-0.2, 0) is 6.42 Å². The van der Waals surface area contributed by atoms with Crippen LogP contribution in [0.5, 0.6) is 5.75 Å². The normalized spacial score (nSPS) is 12.6. The largest absolute Gasteiger partial charge is 0.493 e. The highest BCUT2D eigenvalue weighted by molar-refractivity contribution is 7.14. The van der Waals surface area contributed by atoms with Gasteiger partial charge in [-0.2, -0.15) is 0 Å². The second kappa shape index (κ2) is 6.46. The number of hydrogen-bond donors (Lipinski definition) is 1. The van der Waals surface area contributed by atoms with Gasteiger partial charge in [0.1, 0.15) is 11.6 Å². The summed E-state index contributed by atoms with van der Waals surface area (Å²) in [6.45, 7) is 0.704. The van der Waals surface area contributed by atoms with Crippen LogP contribution in [0.2, 0.25) is 5.02 Å². The zero-order valence-corrected chi connectivity index (χ0v) is 14.5. The molecule has 0 radical (unpaired) electrons. The maximum atomic E-state index is 13.1. The number of ether oxygens (including phenoxy) is 1. The Bertz CT molecular complexity index is 973. The molecule has 4 rings (SSSR count). The molecule has 0 saturated carbocycles. The number of rotatable bonds is 3. The Morgan fingerprint density at radius 1 is 1.28 bits per heavy atom. The van der Waals surface area contributed by atoms with E-state index in [9.17, 15) is 9.18 Å². The van der Waals surface area contributed by atoms with E-state index in [1.807, 2.05) is 17.5 Å². The van der Waals surface area contributed by atoms with E-state index in [-0.39, 0.29) is 10.6 Å². The van der Waals surface area contributed by atoms with Crippen LogP contribution < -0.4 is 10.1 Å². The summed E-state index contributed by atoms with van der Waals surface area (Å²) < 4.78 is 18.6. The van der Waals surface area contributed by atoms with Gasteiger partial charge in [0.15, 0.2) is 5.13 Å². The van der Waals surface area contributed by atoms with Crippen molar-refractivity contribution in [3.05, 3.63) is 63.7 Å². The summed E-state index contributed by atoms with van der Waals surface area (Å²) in [5, 5.41) is 5.09. The fraction of sp³-hybridized carbons (Fsp3) is 0.111. The van der Waals surface area contributed by atoms with Gasteiger partial charge >= 0.3 is 0 Å². The molecule has 2 aromatic carbocycles. The van der Waals surface area contributed by atoms with Crippen molar-refractivity contribution in [1.29, 1.82) is 0 Å². The average Bonchev–Trinajstić information content (AvgIpc) is 3.22. The average molecular weight is 375 g/mol. The maximum absolute atomic E-state index is 13.1. The Morgan fingerprint density at radius 2 is 2.16 bits per heavy atom. The van der Waals surface area contributed by atoms with Crippen LogP contribution in [0.15, 0.2) is 41.8 Å². The van der Waals surface area contributed by atoms with Crippen molar-refractivity contribution in [2.24, 2.45) is 0 Å². The van der Waals surface area contributed by atoms with Crippen molar-refractivity contribution in [3.63, 3.8) is 0 Å². The number of fused-ring (bicyclic) bond motifs is 1.